The predicted octanol–water partition coefficient (Wildman–Crippen LogP) is 0.482. The highest BCUT2D eigenvalue weighted by Gasteiger charge is 2.46. The Morgan fingerprint density at radius 3 is 2.80 bits per heavy atom. The number of β-lactam (4-membered cyclic amide) rings is 1. The van der Waals surface area contributed by atoms with Crippen LogP contribution in [0.25, 0.3) is 0 Å². The SMILES string of the molecule is O=C1NC2OC(Cc3ccccc3)=NC12. The molecule has 0 aliphatic carbocycles. The quantitative estimate of drug-likeness (QED) is 0.709. The number of amides is 1. The summed E-state index contributed by atoms with van der Waals surface area (Å²) in [7, 11) is 0. The lowest BCUT2D eigenvalue weighted by Crippen LogP contribution is -2.60. The molecule has 0 bridgehead atoms. The predicted molar refractivity (Wildman–Crippen MR) is 54.4 cm³/mol. The molecule has 2 atom stereocenters. The number of nitrogens with zero attached hydrogens (tertiary/aromatic N) is 1. The molecule has 3 rings (SSSR count). The highest BCUT2D eigenvalue weighted by molar-refractivity contribution is 5.95. The van der Waals surface area contributed by atoms with E-state index < -0.39 is 0 Å². The van der Waals surface area contributed by atoms with Crippen molar-refractivity contribution < 1.29 is 9.53 Å². The van der Waals surface area contributed by atoms with Gasteiger partial charge >= 0.3 is 0 Å². The largest absolute Gasteiger partial charge is 0.454 e. The number of benzene rings is 1. The van der Waals surface area contributed by atoms with Gasteiger partial charge in [0.25, 0.3) is 5.91 Å². The fraction of sp³-hybridized carbons (Fsp3) is 0.273. The monoisotopic (exact) mass is 202 g/mol. The maximum absolute atomic E-state index is 11.0. The molecule has 1 fully saturated rings. The van der Waals surface area contributed by atoms with Gasteiger partial charge in [-0.2, -0.15) is 0 Å². The molecule has 1 saturated heterocycles. The van der Waals surface area contributed by atoms with Crippen LogP contribution in [-0.2, 0) is 16.0 Å². The van der Waals surface area contributed by atoms with Gasteiger partial charge in [0.2, 0.25) is 6.23 Å². The van der Waals surface area contributed by atoms with E-state index in [4.69, 9.17) is 4.74 Å². The van der Waals surface area contributed by atoms with Gasteiger partial charge in [0.05, 0.1) is 0 Å². The zero-order chi connectivity index (χ0) is 10.3. The number of ether oxygens (including phenoxy) is 1. The molecule has 2 aliphatic heterocycles. The zero-order valence-corrected chi connectivity index (χ0v) is 8.01. The van der Waals surface area contributed by atoms with Crippen LogP contribution in [0.1, 0.15) is 5.56 Å². The Morgan fingerprint density at radius 1 is 1.33 bits per heavy atom. The fourth-order valence-electron chi connectivity index (χ4n) is 1.76. The molecule has 15 heavy (non-hydrogen) atoms. The van der Waals surface area contributed by atoms with Gasteiger partial charge in [0, 0.05) is 6.42 Å². The summed E-state index contributed by atoms with van der Waals surface area (Å²) in [6, 6.07) is 9.65. The van der Waals surface area contributed by atoms with Crippen LogP contribution in [0.4, 0.5) is 0 Å². The minimum absolute atomic E-state index is 0.0388. The third kappa shape index (κ3) is 1.38. The molecular weight excluding hydrogens is 192 g/mol. The lowest BCUT2D eigenvalue weighted by atomic mass is 10.1. The normalized spacial score (nSPS) is 27.2. The molecule has 0 aromatic heterocycles. The topological polar surface area (TPSA) is 50.7 Å². The van der Waals surface area contributed by atoms with Gasteiger partial charge in [-0.25, -0.2) is 4.99 Å². The molecule has 1 amide bonds. The van der Waals surface area contributed by atoms with Crippen LogP contribution in [0.2, 0.25) is 0 Å². The van der Waals surface area contributed by atoms with Crippen molar-refractivity contribution in [1.29, 1.82) is 0 Å². The smallest absolute Gasteiger partial charge is 0.253 e. The van der Waals surface area contributed by atoms with E-state index >= 15 is 0 Å². The maximum Gasteiger partial charge on any atom is 0.253 e. The van der Waals surface area contributed by atoms with Gasteiger partial charge < -0.3 is 10.1 Å². The van der Waals surface area contributed by atoms with Gasteiger partial charge in [-0.05, 0) is 5.56 Å². The first-order chi connectivity index (χ1) is 7.33. The standard InChI is InChI=1S/C11H10N2O2/c14-10-9-11(13-10)15-8(12-9)6-7-4-2-1-3-5-7/h1-5,9,11H,6H2,(H,13,14). The minimum atomic E-state index is -0.302. The van der Waals surface area contributed by atoms with Crippen molar-refractivity contribution >= 4 is 11.8 Å². The Kier molecular flexibility index (Phi) is 1.74. The van der Waals surface area contributed by atoms with Crippen LogP contribution in [0.3, 0.4) is 0 Å². The number of hydrogen-bond donors (Lipinski definition) is 1. The van der Waals surface area contributed by atoms with E-state index in [-0.39, 0.29) is 18.2 Å². The highest BCUT2D eigenvalue weighted by Crippen LogP contribution is 2.21. The second kappa shape index (κ2) is 3.08. The average Bonchev–Trinajstić information content (AvgIpc) is 2.57. The van der Waals surface area contributed by atoms with Crippen molar-refractivity contribution in [2.75, 3.05) is 0 Å². The first-order valence-electron chi connectivity index (χ1n) is 4.90. The van der Waals surface area contributed by atoms with Crippen LogP contribution < -0.4 is 5.32 Å². The summed E-state index contributed by atoms with van der Waals surface area (Å²) in [5.74, 6) is 0.609. The second-order valence-electron chi connectivity index (χ2n) is 3.68. The van der Waals surface area contributed by atoms with Gasteiger partial charge in [0.1, 0.15) is 0 Å². The molecule has 1 aromatic rings. The Balaban J connectivity index is 1.73. The zero-order valence-electron chi connectivity index (χ0n) is 8.01. The molecule has 4 heteroatoms. The molecular formula is C11H10N2O2. The third-order valence-corrected chi connectivity index (χ3v) is 2.58. The summed E-state index contributed by atoms with van der Waals surface area (Å²) >= 11 is 0. The lowest BCUT2D eigenvalue weighted by Gasteiger charge is -2.26. The van der Waals surface area contributed by atoms with E-state index in [1.807, 2.05) is 30.3 Å². The number of nitrogens with one attached hydrogen (secondary N) is 1. The van der Waals surface area contributed by atoms with E-state index in [0.717, 1.165) is 5.56 Å². The third-order valence-electron chi connectivity index (χ3n) is 2.58. The van der Waals surface area contributed by atoms with Crippen LogP contribution in [0, 0.1) is 0 Å². The van der Waals surface area contributed by atoms with E-state index in [1.54, 1.807) is 0 Å². The van der Waals surface area contributed by atoms with Crippen molar-refractivity contribution in [2.24, 2.45) is 4.99 Å². The fourth-order valence-corrected chi connectivity index (χ4v) is 1.76. The Labute approximate surface area is 87.0 Å². The number of carbonyl (C=O) groups excluding carboxylic acids is 1. The summed E-state index contributed by atoms with van der Waals surface area (Å²) in [4.78, 5) is 15.2. The number of aliphatic imine (C=N–C) groups is 1. The van der Waals surface area contributed by atoms with Crippen LogP contribution in [0.5, 0.6) is 0 Å². The first-order valence-corrected chi connectivity index (χ1v) is 4.90. The summed E-state index contributed by atoms with van der Waals surface area (Å²) in [5, 5.41) is 2.64. The van der Waals surface area contributed by atoms with Gasteiger partial charge in [-0.1, -0.05) is 30.3 Å². The van der Waals surface area contributed by atoms with Gasteiger partial charge in [-0.15, -0.1) is 0 Å². The average molecular weight is 202 g/mol. The summed E-state index contributed by atoms with van der Waals surface area (Å²) in [6.45, 7) is 0. The Morgan fingerprint density at radius 2 is 2.13 bits per heavy atom. The molecule has 2 aliphatic rings. The summed E-state index contributed by atoms with van der Waals surface area (Å²) < 4.78 is 5.45. The lowest BCUT2D eigenvalue weighted by molar-refractivity contribution is -0.135. The second-order valence-corrected chi connectivity index (χ2v) is 3.68. The maximum atomic E-state index is 11.0. The Hall–Kier alpha value is -1.84. The number of fused-ring (bicyclic) bond motifs is 1. The van der Waals surface area contributed by atoms with Crippen LogP contribution in [-0.4, -0.2) is 24.1 Å². The molecule has 1 N–H and O–H groups in total. The van der Waals surface area contributed by atoms with Crippen molar-refractivity contribution in [1.82, 2.24) is 5.32 Å². The first kappa shape index (κ1) is 8.47. The molecule has 2 unspecified atom stereocenters. The molecule has 1 aromatic carbocycles. The van der Waals surface area contributed by atoms with Crippen molar-refractivity contribution in [2.45, 2.75) is 18.7 Å². The van der Waals surface area contributed by atoms with Crippen LogP contribution in [0.15, 0.2) is 35.3 Å². The minimum Gasteiger partial charge on any atom is -0.454 e. The molecule has 4 nitrogen and oxygen atoms in total. The van der Waals surface area contributed by atoms with Crippen molar-refractivity contribution in [3.8, 4) is 0 Å². The van der Waals surface area contributed by atoms with Crippen LogP contribution >= 0.6 is 0 Å². The molecule has 0 radical (unpaired) electrons. The number of rotatable bonds is 2. The highest BCUT2D eigenvalue weighted by atomic mass is 16.5. The molecule has 76 valence electrons. The van der Waals surface area contributed by atoms with Crippen molar-refractivity contribution in [3.63, 3.8) is 0 Å². The molecule has 0 spiro atoms. The molecule has 2 heterocycles. The van der Waals surface area contributed by atoms with E-state index in [9.17, 15) is 4.79 Å². The van der Waals surface area contributed by atoms with Crippen molar-refractivity contribution in [3.05, 3.63) is 35.9 Å². The van der Waals surface area contributed by atoms with E-state index in [0.29, 0.717) is 12.3 Å². The van der Waals surface area contributed by atoms with Gasteiger partial charge in [-0.3, -0.25) is 4.79 Å². The summed E-state index contributed by atoms with van der Waals surface area (Å²) in [5.41, 5.74) is 1.14. The number of carbonyl (C=O) groups is 1. The molecule has 0 saturated carbocycles. The Bertz CT molecular complexity index is 427. The van der Waals surface area contributed by atoms with E-state index in [2.05, 4.69) is 10.3 Å². The van der Waals surface area contributed by atoms with E-state index in [1.165, 1.54) is 0 Å². The summed E-state index contributed by atoms with van der Waals surface area (Å²) in [6.07, 6.45) is 0.444. The number of hydrogen-bond acceptors (Lipinski definition) is 3. The van der Waals surface area contributed by atoms with Gasteiger partial charge in [0.15, 0.2) is 11.9 Å².